The molecule has 166 valence electrons. The van der Waals surface area contributed by atoms with Crippen molar-refractivity contribution < 1.29 is 24.0 Å². The molecule has 0 fully saturated rings. The number of benzene rings is 1. The van der Waals surface area contributed by atoms with E-state index in [1.165, 1.54) is 4.68 Å². The summed E-state index contributed by atoms with van der Waals surface area (Å²) in [6.45, 7) is 3.09. The minimum absolute atomic E-state index is 0.0764. The van der Waals surface area contributed by atoms with Crippen LogP contribution in [0.5, 0.6) is 5.75 Å². The smallest absolute Gasteiger partial charge is 0.526 e. The molecular formula is C21H29BN4O5. The number of hydrogen-bond acceptors (Lipinski definition) is 8. The number of esters is 1. The van der Waals surface area contributed by atoms with E-state index in [-0.39, 0.29) is 18.7 Å². The highest BCUT2D eigenvalue weighted by molar-refractivity contribution is 6.47. The fraction of sp³-hybridized carbons (Fsp3) is 0.524. The highest BCUT2D eigenvalue weighted by atomic mass is 16.5. The third kappa shape index (κ3) is 6.14. The van der Waals surface area contributed by atoms with Crippen LogP contribution in [-0.4, -0.2) is 64.5 Å². The van der Waals surface area contributed by atoms with E-state index in [0.29, 0.717) is 30.9 Å². The van der Waals surface area contributed by atoms with Crippen molar-refractivity contribution in [3.05, 3.63) is 41.2 Å². The first-order valence-corrected chi connectivity index (χ1v) is 10.6. The second-order valence-electron chi connectivity index (χ2n) is 8.14. The number of carbonyl (C=O) groups excluding carboxylic acids is 2. The standard InChI is InChI=1S/C21H29BN4O5/c1-4-5-9-30-21(28)19-8-6-7-15-10-16(22(29)31-20(15)19)11-18(27)14-26-13-17(23-24-26)12-25(2)3/h6-8,13,16,29H,4-5,9-12,14H2,1-3H3/t16-/m1/s1. The minimum Gasteiger partial charge on any atom is -0.535 e. The van der Waals surface area contributed by atoms with Gasteiger partial charge in [-0.25, -0.2) is 9.48 Å². The van der Waals surface area contributed by atoms with Gasteiger partial charge in [0.05, 0.1) is 18.5 Å². The van der Waals surface area contributed by atoms with Gasteiger partial charge in [0.1, 0.15) is 17.9 Å². The van der Waals surface area contributed by atoms with Gasteiger partial charge in [-0.05, 0) is 38.6 Å². The van der Waals surface area contributed by atoms with Crippen LogP contribution in [0.1, 0.15) is 47.8 Å². The fourth-order valence-electron chi connectivity index (χ4n) is 3.56. The van der Waals surface area contributed by atoms with Crippen LogP contribution >= 0.6 is 0 Å². The average Bonchev–Trinajstić information content (AvgIpc) is 3.14. The Morgan fingerprint density at radius 2 is 2.19 bits per heavy atom. The third-order valence-corrected chi connectivity index (χ3v) is 5.06. The van der Waals surface area contributed by atoms with Gasteiger partial charge in [-0.2, -0.15) is 0 Å². The molecule has 1 atom stereocenters. The van der Waals surface area contributed by atoms with Gasteiger partial charge in [0, 0.05) is 18.8 Å². The molecule has 10 heteroatoms. The molecule has 2 aromatic rings. The zero-order chi connectivity index (χ0) is 22.4. The molecule has 1 aromatic carbocycles. The van der Waals surface area contributed by atoms with E-state index in [4.69, 9.17) is 9.39 Å². The number of carbonyl (C=O) groups is 2. The number of hydrogen-bond donors (Lipinski definition) is 1. The SMILES string of the molecule is CCCCOC(=O)c1cccc2c1OB(O)[C@@H](CC(=O)Cn1cc(CN(C)C)nn1)C2. The summed E-state index contributed by atoms with van der Waals surface area (Å²) >= 11 is 0. The van der Waals surface area contributed by atoms with Crippen LogP contribution in [0.25, 0.3) is 0 Å². The second-order valence-corrected chi connectivity index (χ2v) is 8.14. The number of nitrogens with zero attached hydrogens (tertiary/aromatic N) is 4. The molecule has 0 spiro atoms. The van der Waals surface area contributed by atoms with Crippen molar-refractivity contribution in [3.63, 3.8) is 0 Å². The van der Waals surface area contributed by atoms with Crippen LogP contribution in [0, 0.1) is 0 Å². The van der Waals surface area contributed by atoms with Crippen LogP contribution in [0.3, 0.4) is 0 Å². The highest BCUT2D eigenvalue weighted by Crippen LogP contribution is 2.36. The lowest BCUT2D eigenvalue weighted by Crippen LogP contribution is -2.36. The Balaban J connectivity index is 1.62. The van der Waals surface area contributed by atoms with E-state index in [1.54, 1.807) is 18.3 Å². The first-order chi connectivity index (χ1) is 14.9. The molecule has 0 saturated heterocycles. The Kier molecular flexibility index (Phi) is 7.81. The molecule has 1 N–H and O–H groups in total. The number of ether oxygens (including phenoxy) is 1. The topological polar surface area (TPSA) is 107 Å². The molecule has 1 aliphatic heterocycles. The van der Waals surface area contributed by atoms with E-state index in [9.17, 15) is 14.6 Å². The summed E-state index contributed by atoms with van der Waals surface area (Å²) in [4.78, 5) is 26.9. The summed E-state index contributed by atoms with van der Waals surface area (Å²) in [7, 11) is 2.69. The quantitative estimate of drug-likeness (QED) is 0.347. The molecule has 2 heterocycles. The van der Waals surface area contributed by atoms with Crippen molar-refractivity contribution in [2.75, 3.05) is 20.7 Å². The van der Waals surface area contributed by atoms with Crippen LogP contribution < -0.4 is 4.65 Å². The summed E-state index contributed by atoms with van der Waals surface area (Å²) in [5, 5.41) is 18.5. The predicted octanol–water partition coefficient (Wildman–Crippen LogP) is 1.74. The van der Waals surface area contributed by atoms with Crippen molar-refractivity contribution in [1.29, 1.82) is 0 Å². The molecule has 3 rings (SSSR count). The maximum atomic E-state index is 12.6. The van der Waals surface area contributed by atoms with E-state index in [0.717, 1.165) is 24.1 Å². The number of rotatable bonds is 10. The molecule has 1 aromatic heterocycles. The monoisotopic (exact) mass is 428 g/mol. The van der Waals surface area contributed by atoms with Crippen LogP contribution in [0.15, 0.2) is 24.4 Å². The largest absolute Gasteiger partial charge is 0.535 e. The highest BCUT2D eigenvalue weighted by Gasteiger charge is 2.38. The van der Waals surface area contributed by atoms with Gasteiger partial charge >= 0.3 is 13.1 Å². The van der Waals surface area contributed by atoms with Crippen molar-refractivity contribution in [3.8, 4) is 5.75 Å². The van der Waals surface area contributed by atoms with Gasteiger partial charge in [0.15, 0.2) is 5.78 Å². The first-order valence-electron chi connectivity index (χ1n) is 10.6. The summed E-state index contributed by atoms with van der Waals surface area (Å²) in [5.74, 6) is -0.611. The number of Topliss-reactive ketones (excluding diaryl/α,β-unsaturated/α-hetero) is 1. The van der Waals surface area contributed by atoms with Crippen LogP contribution in [0.2, 0.25) is 5.82 Å². The lowest BCUT2D eigenvalue weighted by molar-refractivity contribution is -0.120. The zero-order valence-electron chi connectivity index (χ0n) is 18.3. The van der Waals surface area contributed by atoms with Crippen molar-refractivity contribution in [2.45, 2.75) is 51.5 Å². The van der Waals surface area contributed by atoms with Crippen LogP contribution in [0.4, 0.5) is 0 Å². The molecule has 0 saturated carbocycles. The van der Waals surface area contributed by atoms with E-state index >= 15 is 0 Å². The number of fused-ring (bicyclic) bond motifs is 1. The van der Waals surface area contributed by atoms with Gasteiger partial charge < -0.3 is 19.3 Å². The Morgan fingerprint density at radius 1 is 1.39 bits per heavy atom. The molecule has 0 bridgehead atoms. The first kappa shape index (κ1) is 23.0. The third-order valence-electron chi connectivity index (χ3n) is 5.06. The summed E-state index contributed by atoms with van der Waals surface area (Å²) < 4.78 is 12.5. The molecule has 0 amide bonds. The Morgan fingerprint density at radius 3 is 2.94 bits per heavy atom. The summed E-state index contributed by atoms with van der Waals surface area (Å²) in [5.41, 5.74) is 1.86. The van der Waals surface area contributed by atoms with Crippen molar-refractivity contribution in [2.24, 2.45) is 0 Å². The average molecular weight is 428 g/mol. The predicted molar refractivity (Wildman–Crippen MR) is 115 cm³/mol. The molecular weight excluding hydrogens is 399 g/mol. The van der Waals surface area contributed by atoms with Crippen LogP contribution in [-0.2, 0) is 29.0 Å². The van der Waals surface area contributed by atoms with Gasteiger partial charge in [-0.1, -0.05) is 30.7 Å². The van der Waals surface area contributed by atoms with E-state index in [2.05, 4.69) is 10.3 Å². The molecule has 9 nitrogen and oxygen atoms in total. The maximum absolute atomic E-state index is 12.6. The summed E-state index contributed by atoms with van der Waals surface area (Å²) in [6.07, 6.45) is 4.03. The van der Waals surface area contributed by atoms with Crippen molar-refractivity contribution >= 4 is 18.9 Å². The maximum Gasteiger partial charge on any atom is 0.526 e. The Bertz CT molecular complexity index is 917. The number of ketones is 1. The van der Waals surface area contributed by atoms with Gasteiger partial charge in [-0.3, -0.25) is 4.79 Å². The number of unbranched alkanes of at least 4 members (excludes halogenated alkanes) is 1. The van der Waals surface area contributed by atoms with Gasteiger partial charge in [-0.15, -0.1) is 5.10 Å². The Labute approximate surface area is 182 Å². The molecule has 0 radical (unpaired) electrons. The van der Waals surface area contributed by atoms with E-state index in [1.807, 2.05) is 32.0 Å². The minimum atomic E-state index is -1.18. The van der Waals surface area contributed by atoms with E-state index < -0.39 is 18.9 Å². The Hall–Kier alpha value is -2.72. The van der Waals surface area contributed by atoms with Gasteiger partial charge in [0.25, 0.3) is 0 Å². The number of aromatic nitrogens is 3. The molecule has 0 unspecified atom stereocenters. The molecule has 1 aliphatic rings. The summed E-state index contributed by atoms with van der Waals surface area (Å²) in [6, 6.07) is 5.23. The molecule has 0 aliphatic carbocycles. The lowest BCUT2D eigenvalue weighted by atomic mass is 9.64. The number of para-hydroxylation sites is 1. The van der Waals surface area contributed by atoms with Crippen molar-refractivity contribution in [1.82, 2.24) is 19.9 Å². The van der Waals surface area contributed by atoms with Gasteiger partial charge in [0.2, 0.25) is 0 Å². The fourth-order valence-corrected chi connectivity index (χ4v) is 3.56. The zero-order valence-corrected chi connectivity index (χ0v) is 18.3. The normalized spacial score (nSPS) is 15.5. The second kappa shape index (κ2) is 10.5. The molecule has 31 heavy (non-hydrogen) atoms. The lowest BCUT2D eigenvalue weighted by Gasteiger charge is -2.28.